The van der Waals surface area contributed by atoms with Gasteiger partial charge in [-0.05, 0) is 31.1 Å². The van der Waals surface area contributed by atoms with E-state index in [1.807, 2.05) is 0 Å². The summed E-state index contributed by atoms with van der Waals surface area (Å²) in [7, 11) is 0. The molecule has 0 aromatic rings. The van der Waals surface area contributed by atoms with Crippen molar-refractivity contribution in [2.45, 2.75) is 304 Å². The van der Waals surface area contributed by atoms with E-state index < -0.39 is 6.10 Å². The van der Waals surface area contributed by atoms with Gasteiger partial charge in [0, 0.05) is 19.3 Å². The lowest BCUT2D eigenvalue weighted by atomic mass is 10.0. The normalized spacial score (nSPS) is 12.1. The lowest BCUT2D eigenvalue weighted by Gasteiger charge is -2.18. The molecule has 6 nitrogen and oxygen atoms in total. The van der Waals surface area contributed by atoms with Gasteiger partial charge in [0.2, 0.25) is 0 Å². The SMILES string of the molecule is CCCCCCCCCC(=O)O[C@H](COC(=O)CCCCCCCCCCCCCCCCCCCCC(C)C)COC(=O)CCCCCCCCCCCCCC(C)C. The van der Waals surface area contributed by atoms with Crippen molar-refractivity contribution in [2.75, 3.05) is 13.2 Å². The summed E-state index contributed by atoms with van der Waals surface area (Å²) < 4.78 is 16.8. The zero-order valence-corrected chi connectivity index (χ0v) is 41.1. The van der Waals surface area contributed by atoms with E-state index in [-0.39, 0.29) is 31.1 Å². The highest BCUT2D eigenvalue weighted by atomic mass is 16.6. The maximum absolute atomic E-state index is 12.7. The van der Waals surface area contributed by atoms with Gasteiger partial charge in [0.15, 0.2) is 6.10 Å². The molecule has 0 bridgehead atoms. The van der Waals surface area contributed by atoms with Crippen LogP contribution in [0.4, 0.5) is 0 Å². The highest BCUT2D eigenvalue weighted by Gasteiger charge is 2.19. The van der Waals surface area contributed by atoms with Gasteiger partial charge in [-0.2, -0.15) is 0 Å². The van der Waals surface area contributed by atoms with Crippen LogP contribution in [0.1, 0.15) is 298 Å². The maximum Gasteiger partial charge on any atom is 0.306 e. The third kappa shape index (κ3) is 47.5. The number of carbonyl (C=O) groups is 3. The van der Waals surface area contributed by atoms with Gasteiger partial charge in [-0.3, -0.25) is 14.4 Å². The Hall–Kier alpha value is -1.59. The van der Waals surface area contributed by atoms with Crippen LogP contribution in [0.2, 0.25) is 0 Å². The molecular weight excluding hydrogens is 745 g/mol. The molecule has 0 heterocycles. The predicted molar refractivity (Wildman–Crippen MR) is 256 cm³/mol. The van der Waals surface area contributed by atoms with Crippen molar-refractivity contribution in [2.24, 2.45) is 11.8 Å². The fourth-order valence-electron chi connectivity index (χ4n) is 8.17. The van der Waals surface area contributed by atoms with Gasteiger partial charge >= 0.3 is 17.9 Å². The highest BCUT2D eigenvalue weighted by molar-refractivity contribution is 5.71. The summed E-state index contributed by atoms with van der Waals surface area (Å²) in [5.41, 5.74) is 0. The summed E-state index contributed by atoms with van der Waals surface area (Å²) in [6.07, 6.45) is 48.3. The molecule has 0 amide bonds. The second-order valence-electron chi connectivity index (χ2n) is 19.5. The summed E-state index contributed by atoms with van der Waals surface area (Å²) in [6, 6.07) is 0. The molecular formula is C54H104O6. The Kier molecular flexibility index (Phi) is 45.7. The van der Waals surface area contributed by atoms with Crippen molar-refractivity contribution >= 4 is 17.9 Å². The summed E-state index contributed by atoms with van der Waals surface area (Å²) in [5, 5.41) is 0. The molecule has 0 aromatic heterocycles. The number of hydrogen-bond donors (Lipinski definition) is 0. The first kappa shape index (κ1) is 58.4. The molecule has 0 saturated carbocycles. The molecule has 1 atom stereocenters. The van der Waals surface area contributed by atoms with Crippen LogP contribution < -0.4 is 0 Å². The van der Waals surface area contributed by atoms with Crippen molar-refractivity contribution in [3.63, 3.8) is 0 Å². The predicted octanol–water partition coefficient (Wildman–Crippen LogP) is 17.3. The van der Waals surface area contributed by atoms with E-state index in [0.29, 0.717) is 19.3 Å². The lowest BCUT2D eigenvalue weighted by Crippen LogP contribution is -2.30. The Morgan fingerprint density at radius 2 is 0.550 bits per heavy atom. The van der Waals surface area contributed by atoms with E-state index in [1.165, 1.54) is 186 Å². The standard InChI is InChI=1S/C54H104O6/c1-6-7-8-9-27-36-41-46-54(57)60-51(48-59-53(56)45-40-35-31-26-22-18-20-24-29-33-38-43-50(4)5)47-58-52(55)44-39-34-30-25-21-17-15-13-11-10-12-14-16-19-23-28-32-37-42-49(2)3/h49-51H,6-48H2,1-5H3/t51-/m1/s1. The fourth-order valence-corrected chi connectivity index (χ4v) is 8.17. The molecule has 356 valence electrons. The number of hydrogen-bond acceptors (Lipinski definition) is 6. The second-order valence-corrected chi connectivity index (χ2v) is 19.5. The topological polar surface area (TPSA) is 78.9 Å². The van der Waals surface area contributed by atoms with Crippen molar-refractivity contribution < 1.29 is 28.6 Å². The Labute approximate surface area is 374 Å². The van der Waals surface area contributed by atoms with E-state index in [0.717, 1.165) is 69.6 Å². The first-order valence-electron chi connectivity index (χ1n) is 26.7. The van der Waals surface area contributed by atoms with Gasteiger partial charge in [0.1, 0.15) is 13.2 Å². The van der Waals surface area contributed by atoms with Crippen LogP contribution in [-0.4, -0.2) is 37.2 Å². The van der Waals surface area contributed by atoms with Crippen molar-refractivity contribution in [3.8, 4) is 0 Å². The summed E-state index contributed by atoms with van der Waals surface area (Å²) in [6.45, 7) is 11.4. The van der Waals surface area contributed by atoms with Crippen LogP contribution in [0, 0.1) is 11.8 Å². The van der Waals surface area contributed by atoms with Crippen LogP contribution in [0.25, 0.3) is 0 Å². The minimum Gasteiger partial charge on any atom is -0.462 e. The molecule has 0 spiro atoms. The van der Waals surface area contributed by atoms with Crippen LogP contribution >= 0.6 is 0 Å². The van der Waals surface area contributed by atoms with E-state index >= 15 is 0 Å². The third-order valence-electron chi connectivity index (χ3n) is 12.2. The molecule has 0 saturated heterocycles. The van der Waals surface area contributed by atoms with Gasteiger partial charge < -0.3 is 14.2 Å². The van der Waals surface area contributed by atoms with Crippen molar-refractivity contribution in [1.82, 2.24) is 0 Å². The first-order chi connectivity index (χ1) is 29.2. The monoisotopic (exact) mass is 849 g/mol. The van der Waals surface area contributed by atoms with Crippen LogP contribution in [-0.2, 0) is 28.6 Å². The zero-order chi connectivity index (χ0) is 44.0. The van der Waals surface area contributed by atoms with Crippen LogP contribution in [0.15, 0.2) is 0 Å². The molecule has 60 heavy (non-hydrogen) atoms. The molecule has 0 radical (unpaired) electrons. The third-order valence-corrected chi connectivity index (χ3v) is 12.2. The Balaban J connectivity index is 4.10. The minimum atomic E-state index is -0.760. The molecule has 0 unspecified atom stereocenters. The molecule has 0 rings (SSSR count). The Morgan fingerprint density at radius 1 is 0.317 bits per heavy atom. The van der Waals surface area contributed by atoms with Gasteiger partial charge in [-0.25, -0.2) is 0 Å². The van der Waals surface area contributed by atoms with Crippen LogP contribution in [0.5, 0.6) is 0 Å². The molecule has 0 aliphatic heterocycles. The molecule has 0 aromatic carbocycles. The van der Waals surface area contributed by atoms with Gasteiger partial charge in [0.05, 0.1) is 0 Å². The molecule has 0 N–H and O–H groups in total. The van der Waals surface area contributed by atoms with E-state index in [4.69, 9.17) is 14.2 Å². The molecule has 0 fully saturated rings. The number of ether oxygens (including phenoxy) is 3. The van der Waals surface area contributed by atoms with Crippen LogP contribution in [0.3, 0.4) is 0 Å². The van der Waals surface area contributed by atoms with Crippen molar-refractivity contribution in [3.05, 3.63) is 0 Å². The summed E-state index contributed by atoms with van der Waals surface area (Å²) >= 11 is 0. The van der Waals surface area contributed by atoms with E-state index in [1.54, 1.807) is 0 Å². The van der Waals surface area contributed by atoms with E-state index in [9.17, 15) is 14.4 Å². The Bertz CT molecular complexity index is 916. The van der Waals surface area contributed by atoms with Gasteiger partial charge in [-0.15, -0.1) is 0 Å². The quantitative estimate of drug-likeness (QED) is 0.0345. The fraction of sp³-hybridized carbons (Fsp3) is 0.944. The summed E-state index contributed by atoms with van der Waals surface area (Å²) in [5.74, 6) is 0.833. The number of unbranched alkanes of at least 4 members (excludes halogenated alkanes) is 33. The Morgan fingerprint density at radius 3 is 0.817 bits per heavy atom. The van der Waals surface area contributed by atoms with Gasteiger partial charge in [-0.1, -0.05) is 259 Å². The maximum atomic E-state index is 12.7. The highest BCUT2D eigenvalue weighted by Crippen LogP contribution is 2.18. The molecule has 0 aliphatic rings. The smallest absolute Gasteiger partial charge is 0.306 e. The first-order valence-corrected chi connectivity index (χ1v) is 26.7. The molecule has 0 aliphatic carbocycles. The second kappa shape index (κ2) is 46.9. The minimum absolute atomic E-state index is 0.0640. The molecule has 6 heteroatoms. The largest absolute Gasteiger partial charge is 0.462 e. The lowest BCUT2D eigenvalue weighted by molar-refractivity contribution is -0.167. The number of carbonyl (C=O) groups excluding carboxylic acids is 3. The zero-order valence-electron chi connectivity index (χ0n) is 41.1. The van der Waals surface area contributed by atoms with E-state index in [2.05, 4.69) is 34.6 Å². The average molecular weight is 849 g/mol. The number of rotatable bonds is 48. The average Bonchev–Trinajstić information content (AvgIpc) is 3.22. The van der Waals surface area contributed by atoms with Gasteiger partial charge in [0.25, 0.3) is 0 Å². The number of esters is 3. The van der Waals surface area contributed by atoms with Crippen molar-refractivity contribution in [1.29, 1.82) is 0 Å². The summed E-state index contributed by atoms with van der Waals surface area (Å²) in [4.78, 5) is 37.8.